The minimum atomic E-state index is -0.167. The van der Waals surface area contributed by atoms with E-state index in [0.717, 1.165) is 44.9 Å². The fourth-order valence-corrected chi connectivity index (χ4v) is 5.07. The first-order valence-corrected chi connectivity index (χ1v) is 12.4. The Morgan fingerprint density at radius 1 is 1.03 bits per heavy atom. The van der Waals surface area contributed by atoms with Crippen LogP contribution < -0.4 is 4.73 Å². The van der Waals surface area contributed by atoms with Crippen LogP contribution in [0.4, 0.5) is 5.69 Å². The fraction of sp³-hybridized carbons (Fsp3) is 0.138. The Balaban J connectivity index is 1.42. The normalized spacial score (nSPS) is 13.3. The number of aliphatic imine (C=N–C) groups is 1. The van der Waals surface area contributed by atoms with E-state index in [1.807, 2.05) is 42.5 Å². The van der Waals surface area contributed by atoms with Crippen molar-refractivity contribution in [3.63, 3.8) is 0 Å². The third-order valence-corrected chi connectivity index (χ3v) is 6.96. The molecule has 7 nitrogen and oxygen atoms in total. The molecule has 1 aliphatic rings. The zero-order valence-corrected chi connectivity index (χ0v) is 20.9. The van der Waals surface area contributed by atoms with E-state index >= 15 is 0 Å². The average molecular weight is 507 g/mol. The average Bonchev–Trinajstić information content (AvgIpc) is 3.58. The molecule has 3 aromatic carbocycles. The van der Waals surface area contributed by atoms with Gasteiger partial charge in [0.25, 0.3) is 0 Å². The summed E-state index contributed by atoms with van der Waals surface area (Å²) in [6.45, 7) is 2.07. The first kappa shape index (κ1) is 23.1. The van der Waals surface area contributed by atoms with E-state index in [-0.39, 0.29) is 5.92 Å². The quantitative estimate of drug-likeness (QED) is 0.222. The summed E-state index contributed by atoms with van der Waals surface area (Å²) in [5.41, 5.74) is 8.38. The molecular weight excluding hydrogens is 484 g/mol. The lowest BCUT2D eigenvalue weighted by atomic mass is 9.88. The van der Waals surface area contributed by atoms with Gasteiger partial charge in [0, 0.05) is 34.3 Å². The zero-order valence-electron chi connectivity index (χ0n) is 20.1. The number of nitrogens with zero attached hydrogens (tertiary/aromatic N) is 6. The number of tetrazole rings is 1. The number of rotatable bonds is 6. The van der Waals surface area contributed by atoms with E-state index in [1.165, 1.54) is 17.5 Å². The van der Waals surface area contributed by atoms with Gasteiger partial charge in [0.1, 0.15) is 6.33 Å². The Kier molecular flexibility index (Phi) is 5.98. The van der Waals surface area contributed by atoms with Gasteiger partial charge < -0.3 is 5.21 Å². The lowest BCUT2D eigenvalue weighted by molar-refractivity contribution is -0.614. The second kappa shape index (κ2) is 9.59. The van der Waals surface area contributed by atoms with Gasteiger partial charge in [-0.25, -0.2) is 0 Å². The van der Waals surface area contributed by atoms with Gasteiger partial charge in [-0.3, -0.25) is 4.99 Å². The van der Waals surface area contributed by atoms with E-state index in [9.17, 15) is 5.21 Å². The largest absolute Gasteiger partial charge is 0.618 e. The minimum absolute atomic E-state index is 0.167. The van der Waals surface area contributed by atoms with Crippen molar-refractivity contribution in [1.29, 1.82) is 0 Å². The molecule has 6 rings (SSSR count). The molecule has 1 unspecified atom stereocenters. The van der Waals surface area contributed by atoms with Crippen molar-refractivity contribution in [2.45, 2.75) is 25.7 Å². The predicted octanol–water partition coefficient (Wildman–Crippen LogP) is 5.58. The van der Waals surface area contributed by atoms with Crippen LogP contribution in [-0.2, 0) is 12.8 Å². The second-order valence-corrected chi connectivity index (χ2v) is 9.68. The molecule has 0 N–H and O–H groups in total. The van der Waals surface area contributed by atoms with Crippen molar-refractivity contribution in [3.05, 3.63) is 124 Å². The predicted molar refractivity (Wildman–Crippen MR) is 143 cm³/mol. The third kappa shape index (κ3) is 4.61. The van der Waals surface area contributed by atoms with Crippen LogP contribution >= 0.6 is 11.6 Å². The van der Waals surface area contributed by atoms with Gasteiger partial charge in [-0.05, 0) is 70.8 Å². The molecule has 0 spiro atoms. The van der Waals surface area contributed by atoms with Crippen LogP contribution in [0.15, 0.2) is 96.4 Å². The molecule has 0 fully saturated rings. The van der Waals surface area contributed by atoms with Crippen molar-refractivity contribution in [3.8, 4) is 16.8 Å². The monoisotopic (exact) mass is 506 g/mol. The number of hydrogen-bond donors (Lipinski definition) is 0. The van der Waals surface area contributed by atoms with E-state index < -0.39 is 0 Å². The van der Waals surface area contributed by atoms with Gasteiger partial charge in [0.2, 0.25) is 5.69 Å². The molecule has 3 heterocycles. The molecule has 37 heavy (non-hydrogen) atoms. The molecule has 182 valence electrons. The Morgan fingerprint density at radius 3 is 2.68 bits per heavy atom. The van der Waals surface area contributed by atoms with Crippen LogP contribution in [0.2, 0.25) is 5.02 Å². The Morgan fingerprint density at radius 2 is 1.89 bits per heavy atom. The molecule has 1 atom stereocenters. The summed E-state index contributed by atoms with van der Waals surface area (Å²) < 4.78 is 2.52. The van der Waals surface area contributed by atoms with Gasteiger partial charge >= 0.3 is 0 Å². The molecule has 0 aliphatic carbocycles. The van der Waals surface area contributed by atoms with Crippen LogP contribution in [0, 0.1) is 12.1 Å². The number of hydrogen-bond acceptors (Lipinski definition) is 5. The van der Waals surface area contributed by atoms with Crippen molar-refractivity contribution in [2.75, 3.05) is 0 Å². The summed E-state index contributed by atoms with van der Waals surface area (Å²) in [5, 5.41) is 25.6. The van der Waals surface area contributed by atoms with Crippen LogP contribution in [0.1, 0.15) is 28.3 Å². The lowest BCUT2D eigenvalue weighted by Gasteiger charge is -2.18. The molecule has 0 amide bonds. The standard InChI is InChI=1S/C29H23ClN6O/c1-19-7-8-21-15-27(32-26(21)13-19)25(14-20-5-3-2-4-6-20)29-11-9-22(17-36(29)37)24-16-23(30)10-12-28(24)35-18-31-33-34-35/h2-13,16-18,25H,14-15H2,1H3. The SMILES string of the molecule is Cc1ccc2c(c1)N=C(C(Cc1ccccc1)c1ccc(-c3cc(Cl)ccc3-n3cnnn3)c[n+]1[O-])C2. The van der Waals surface area contributed by atoms with E-state index in [4.69, 9.17) is 16.6 Å². The van der Waals surface area contributed by atoms with E-state index in [1.54, 1.807) is 16.9 Å². The highest BCUT2D eigenvalue weighted by molar-refractivity contribution is 6.31. The smallest absolute Gasteiger partial charge is 0.201 e. The Bertz CT molecular complexity index is 1620. The lowest BCUT2D eigenvalue weighted by Crippen LogP contribution is -2.36. The summed E-state index contributed by atoms with van der Waals surface area (Å²) in [6, 6.07) is 25.9. The van der Waals surface area contributed by atoms with Crippen molar-refractivity contribution < 1.29 is 4.73 Å². The van der Waals surface area contributed by atoms with Gasteiger partial charge in [0.15, 0.2) is 6.20 Å². The van der Waals surface area contributed by atoms with Gasteiger partial charge in [-0.15, -0.1) is 5.10 Å². The molecule has 1 aliphatic heterocycles. The van der Waals surface area contributed by atoms with Crippen LogP contribution in [0.3, 0.4) is 0 Å². The van der Waals surface area contributed by atoms with E-state index in [2.05, 4.69) is 52.8 Å². The first-order valence-electron chi connectivity index (χ1n) is 12.0. The summed E-state index contributed by atoms with van der Waals surface area (Å²) >= 11 is 6.32. The second-order valence-electron chi connectivity index (χ2n) is 9.24. The van der Waals surface area contributed by atoms with Crippen molar-refractivity contribution in [1.82, 2.24) is 20.2 Å². The highest BCUT2D eigenvalue weighted by atomic mass is 35.5. The topological polar surface area (TPSA) is 82.9 Å². The Hall–Kier alpha value is -4.36. The maximum atomic E-state index is 13.6. The van der Waals surface area contributed by atoms with Gasteiger partial charge in [-0.2, -0.15) is 9.41 Å². The highest BCUT2D eigenvalue weighted by Crippen LogP contribution is 2.35. The summed E-state index contributed by atoms with van der Waals surface area (Å²) in [6.07, 6.45) is 4.52. The van der Waals surface area contributed by atoms with Crippen LogP contribution in [-0.4, -0.2) is 25.9 Å². The molecule has 0 saturated carbocycles. The first-order chi connectivity index (χ1) is 18.0. The Labute approximate surface area is 219 Å². The number of halogens is 1. The van der Waals surface area contributed by atoms with Crippen molar-refractivity contribution in [2.24, 2.45) is 4.99 Å². The molecule has 0 radical (unpaired) electrons. The molecule has 0 bridgehead atoms. The zero-order chi connectivity index (χ0) is 25.4. The maximum Gasteiger partial charge on any atom is 0.201 e. The number of pyridine rings is 1. The number of benzene rings is 3. The summed E-state index contributed by atoms with van der Waals surface area (Å²) in [5.74, 6) is -0.167. The molecule has 5 aromatic rings. The summed E-state index contributed by atoms with van der Waals surface area (Å²) in [4.78, 5) is 4.99. The maximum absolute atomic E-state index is 13.6. The van der Waals surface area contributed by atoms with Crippen LogP contribution in [0.5, 0.6) is 0 Å². The molecule has 2 aromatic heterocycles. The van der Waals surface area contributed by atoms with E-state index in [0.29, 0.717) is 17.1 Å². The minimum Gasteiger partial charge on any atom is -0.618 e. The van der Waals surface area contributed by atoms with Crippen molar-refractivity contribution >= 4 is 23.0 Å². The third-order valence-electron chi connectivity index (χ3n) is 6.73. The number of aromatic nitrogens is 5. The highest BCUT2D eigenvalue weighted by Gasteiger charge is 2.30. The molecule has 8 heteroatoms. The summed E-state index contributed by atoms with van der Waals surface area (Å²) in [7, 11) is 0. The van der Waals surface area contributed by atoms with Gasteiger partial charge in [0.05, 0.1) is 17.3 Å². The van der Waals surface area contributed by atoms with Crippen LogP contribution in [0.25, 0.3) is 16.8 Å². The fourth-order valence-electron chi connectivity index (χ4n) is 4.89. The van der Waals surface area contributed by atoms with Gasteiger partial charge in [-0.1, -0.05) is 54.1 Å². The molecule has 0 saturated heterocycles. The number of fused-ring (bicyclic) bond motifs is 1. The number of aryl methyl sites for hydroxylation is 1. The molecular formula is C29H23ClN6O.